The molecule has 1 fully saturated rings. The Morgan fingerprint density at radius 3 is 3.06 bits per heavy atom. The molecule has 0 aromatic carbocycles. The van der Waals surface area contributed by atoms with Crippen LogP contribution in [-0.2, 0) is 4.74 Å². The van der Waals surface area contributed by atoms with Gasteiger partial charge in [0, 0.05) is 25.4 Å². The molecule has 1 heterocycles. The van der Waals surface area contributed by atoms with Crippen LogP contribution in [0.3, 0.4) is 0 Å². The largest absolute Gasteiger partial charge is 0.384 e. The van der Waals surface area contributed by atoms with E-state index >= 15 is 0 Å². The number of aromatic nitrogens is 1. The van der Waals surface area contributed by atoms with E-state index in [4.69, 9.17) is 15.7 Å². The molecule has 5 nitrogen and oxygen atoms in total. The SMILES string of the molecule is COC1CCC(Nc2cc(N)ncc2C#N)C1. The molecule has 0 radical (unpaired) electrons. The topological polar surface area (TPSA) is 84.0 Å². The van der Waals surface area contributed by atoms with E-state index < -0.39 is 0 Å². The number of hydrogen-bond donors (Lipinski definition) is 2. The zero-order valence-corrected chi connectivity index (χ0v) is 9.81. The molecule has 1 aliphatic rings. The summed E-state index contributed by atoms with van der Waals surface area (Å²) in [5.41, 5.74) is 6.92. The maximum atomic E-state index is 8.99. The number of methoxy groups -OCH3 is 1. The summed E-state index contributed by atoms with van der Waals surface area (Å²) in [5, 5.41) is 12.3. The van der Waals surface area contributed by atoms with Gasteiger partial charge in [-0.1, -0.05) is 0 Å². The van der Waals surface area contributed by atoms with Gasteiger partial charge >= 0.3 is 0 Å². The number of nitriles is 1. The van der Waals surface area contributed by atoms with Crippen molar-refractivity contribution in [3.8, 4) is 6.07 Å². The summed E-state index contributed by atoms with van der Waals surface area (Å²) in [6.07, 6.45) is 4.88. The van der Waals surface area contributed by atoms with Crippen molar-refractivity contribution in [3.05, 3.63) is 17.8 Å². The molecule has 2 atom stereocenters. The van der Waals surface area contributed by atoms with Crippen LogP contribution in [0.1, 0.15) is 24.8 Å². The summed E-state index contributed by atoms with van der Waals surface area (Å²) in [4.78, 5) is 3.91. The van der Waals surface area contributed by atoms with Gasteiger partial charge in [0.1, 0.15) is 11.9 Å². The van der Waals surface area contributed by atoms with E-state index in [-0.39, 0.29) is 0 Å². The lowest BCUT2D eigenvalue weighted by molar-refractivity contribution is 0.108. The molecule has 90 valence electrons. The molecule has 1 aliphatic carbocycles. The number of nitrogen functional groups attached to an aromatic ring is 1. The van der Waals surface area contributed by atoms with Crippen molar-refractivity contribution >= 4 is 11.5 Å². The quantitative estimate of drug-likeness (QED) is 0.825. The normalized spacial score (nSPS) is 23.3. The summed E-state index contributed by atoms with van der Waals surface area (Å²) in [6, 6.07) is 4.16. The fourth-order valence-corrected chi connectivity index (χ4v) is 2.19. The standard InChI is InChI=1S/C12H16N4O/c1-17-10-3-2-9(4-10)16-11-5-12(14)15-7-8(11)6-13/h5,7,9-10H,2-4H2,1H3,(H3,14,15,16). The van der Waals surface area contributed by atoms with Crippen LogP contribution in [0, 0.1) is 11.3 Å². The van der Waals surface area contributed by atoms with Gasteiger partial charge in [0.15, 0.2) is 0 Å². The number of hydrogen-bond acceptors (Lipinski definition) is 5. The van der Waals surface area contributed by atoms with E-state index in [0.29, 0.717) is 23.5 Å². The molecule has 1 aromatic rings. The molecule has 17 heavy (non-hydrogen) atoms. The fraction of sp³-hybridized carbons (Fsp3) is 0.500. The Morgan fingerprint density at radius 2 is 2.41 bits per heavy atom. The molecule has 0 spiro atoms. The average molecular weight is 232 g/mol. The highest BCUT2D eigenvalue weighted by atomic mass is 16.5. The predicted molar refractivity (Wildman–Crippen MR) is 65.4 cm³/mol. The molecule has 5 heteroatoms. The Morgan fingerprint density at radius 1 is 1.59 bits per heavy atom. The lowest BCUT2D eigenvalue weighted by Gasteiger charge is -2.15. The van der Waals surface area contributed by atoms with Crippen molar-refractivity contribution in [1.29, 1.82) is 5.26 Å². The first kappa shape index (κ1) is 11.7. The Labute approximate surface area is 101 Å². The molecule has 2 rings (SSSR count). The van der Waals surface area contributed by atoms with E-state index in [1.165, 1.54) is 6.20 Å². The van der Waals surface area contributed by atoms with Crippen LogP contribution in [0.15, 0.2) is 12.3 Å². The Kier molecular flexibility index (Phi) is 3.45. The van der Waals surface area contributed by atoms with E-state index in [2.05, 4.69) is 16.4 Å². The van der Waals surface area contributed by atoms with Gasteiger partial charge in [-0.25, -0.2) is 4.98 Å². The van der Waals surface area contributed by atoms with Gasteiger partial charge in [0.05, 0.1) is 17.4 Å². The van der Waals surface area contributed by atoms with Crippen LogP contribution in [-0.4, -0.2) is 24.2 Å². The van der Waals surface area contributed by atoms with E-state index in [0.717, 1.165) is 24.9 Å². The molecule has 0 bridgehead atoms. The second-order valence-electron chi connectivity index (χ2n) is 4.28. The number of nitrogens with zero attached hydrogens (tertiary/aromatic N) is 2. The van der Waals surface area contributed by atoms with Crippen molar-refractivity contribution in [2.75, 3.05) is 18.2 Å². The smallest absolute Gasteiger partial charge is 0.125 e. The third-order valence-electron chi connectivity index (χ3n) is 3.12. The molecule has 0 amide bonds. The van der Waals surface area contributed by atoms with Crippen molar-refractivity contribution in [1.82, 2.24) is 4.98 Å². The second kappa shape index (κ2) is 5.02. The monoisotopic (exact) mass is 232 g/mol. The number of ether oxygens (including phenoxy) is 1. The summed E-state index contributed by atoms with van der Waals surface area (Å²) in [6.45, 7) is 0. The van der Waals surface area contributed by atoms with Crippen molar-refractivity contribution in [2.24, 2.45) is 0 Å². The molecule has 0 aliphatic heterocycles. The third-order valence-corrected chi connectivity index (χ3v) is 3.12. The maximum Gasteiger partial charge on any atom is 0.125 e. The molecule has 1 saturated carbocycles. The first-order valence-corrected chi connectivity index (χ1v) is 5.68. The van der Waals surface area contributed by atoms with Gasteiger partial charge < -0.3 is 15.8 Å². The minimum Gasteiger partial charge on any atom is -0.384 e. The van der Waals surface area contributed by atoms with Crippen LogP contribution in [0.5, 0.6) is 0 Å². The summed E-state index contributed by atoms with van der Waals surface area (Å²) >= 11 is 0. The van der Waals surface area contributed by atoms with Gasteiger partial charge in [-0.2, -0.15) is 5.26 Å². The van der Waals surface area contributed by atoms with Crippen LogP contribution in [0.25, 0.3) is 0 Å². The minimum absolute atomic E-state index is 0.317. The van der Waals surface area contributed by atoms with Crippen LogP contribution in [0.2, 0.25) is 0 Å². The highest BCUT2D eigenvalue weighted by Gasteiger charge is 2.24. The number of pyridine rings is 1. The first-order chi connectivity index (χ1) is 8.22. The zero-order chi connectivity index (χ0) is 12.3. The maximum absolute atomic E-state index is 8.99. The van der Waals surface area contributed by atoms with Crippen molar-refractivity contribution < 1.29 is 4.74 Å². The van der Waals surface area contributed by atoms with E-state index in [9.17, 15) is 0 Å². The molecule has 2 unspecified atom stereocenters. The van der Waals surface area contributed by atoms with Crippen LogP contribution >= 0.6 is 0 Å². The number of rotatable bonds is 3. The Hall–Kier alpha value is -1.80. The van der Waals surface area contributed by atoms with Gasteiger partial charge in [-0.3, -0.25) is 0 Å². The average Bonchev–Trinajstić information content (AvgIpc) is 2.77. The fourth-order valence-electron chi connectivity index (χ4n) is 2.19. The Balaban J connectivity index is 2.09. The molecular formula is C12H16N4O. The lowest BCUT2D eigenvalue weighted by atomic mass is 10.2. The van der Waals surface area contributed by atoms with Gasteiger partial charge in [0.25, 0.3) is 0 Å². The number of nitrogens with two attached hydrogens (primary N) is 1. The second-order valence-corrected chi connectivity index (χ2v) is 4.28. The van der Waals surface area contributed by atoms with Crippen molar-refractivity contribution in [3.63, 3.8) is 0 Å². The first-order valence-electron chi connectivity index (χ1n) is 5.68. The van der Waals surface area contributed by atoms with E-state index in [1.54, 1.807) is 13.2 Å². The zero-order valence-electron chi connectivity index (χ0n) is 9.81. The molecular weight excluding hydrogens is 216 g/mol. The van der Waals surface area contributed by atoms with Crippen LogP contribution < -0.4 is 11.1 Å². The highest BCUT2D eigenvalue weighted by molar-refractivity contribution is 5.61. The minimum atomic E-state index is 0.317. The molecule has 1 aromatic heterocycles. The van der Waals surface area contributed by atoms with Gasteiger partial charge in [0.2, 0.25) is 0 Å². The van der Waals surface area contributed by atoms with E-state index in [1.807, 2.05) is 0 Å². The lowest BCUT2D eigenvalue weighted by Crippen LogP contribution is -2.18. The van der Waals surface area contributed by atoms with Gasteiger partial charge in [-0.05, 0) is 19.3 Å². The summed E-state index contributed by atoms with van der Waals surface area (Å²) in [7, 11) is 1.73. The van der Waals surface area contributed by atoms with Gasteiger partial charge in [-0.15, -0.1) is 0 Å². The summed E-state index contributed by atoms with van der Waals surface area (Å²) in [5.74, 6) is 0.424. The Bertz CT molecular complexity index is 441. The third kappa shape index (κ3) is 2.66. The number of anilines is 2. The van der Waals surface area contributed by atoms with Crippen LogP contribution in [0.4, 0.5) is 11.5 Å². The molecule has 0 saturated heterocycles. The predicted octanol–water partition coefficient (Wildman–Crippen LogP) is 1.51. The highest BCUT2D eigenvalue weighted by Crippen LogP contribution is 2.26. The van der Waals surface area contributed by atoms with Crippen molar-refractivity contribution in [2.45, 2.75) is 31.4 Å². The number of nitrogens with one attached hydrogen (secondary N) is 1. The summed E-state index contributed by atoms with van der Waals surface area (Å²) < 4.78 is 5.32. The molecule has 3 N–H and O–H groups in total.